The van der Waals surface area contributed by atoms with E-state index >= 15 is 0 Å². The SMILES string of the molecule is CN1CCN(c2cccc(C3(CC(=O)O)CC3)c2)C(=O)C1. The van der Waals surface area contributed by atoms with Crippen molar-refractivity contribution in [2.75, 3.05) is 31.6 Å². The second-order valence-corrected chi connectivity index (χ2v) is 6.18. The van der Waals surface area contributed by atoms with E-state index in [2.05, 4.69) is 0 Å². The van der Waals surface area contributed by atoms with Gasteiger partial charge in [-0.25, -0.2) is 0 Å². The van der Waals surface area contributed by atoms with E-state index in [-0.39, 0.29) is 17.7 Å². The Labute approximate surface area is 124 Å². The minimum Gasteiger partial charge on any atom is -0.481 e. The Hall–Kier alpha value is -1.88. The highest BCUT2D eigenvalue weighted by Crippen LogP contribution is 2.51. The standard InChI is InChI=1S/C16H20N2O3/c1-17-7-8-18(14(19)11-17)13-4-2-3-12(9-13)16(5-6-16)10-15(20)21/h2-4,9H,5-8,10-11H2,1H3,(H,20,21). The van der Waals surface area contributed by atoms with Crippen LogP contribution in [0.4, 0.5) is 5.69 Å². The lowest BCUT2D eigenvalue weighted by molar-refractivity contribution is -0.137. The molecule has 0 radical (unpaired) electrons. The summed E-state index contributed by atoms with van der Waals surface area (Å²) in [6.07, 6.45) is 2.01. The molecule has 1 N–H and O–H groups in total. The molecule has 112 valence electrons. The summed E-state index contributed by atoms with van der Waals surface area (Å²) in [6, 6.07) is 7.85. The van der Waals surface area contributed by atoms with Gasteiger partial charge in [-0.15, -0.1) is 0 Å². The largest absolute Gasteiger partial charge is 0.481 e. The zero-order valence-electron chi connectivity index (χ0n) is 12.2. The monoisotopic (exact) mass is 288 g/mol. The number of hydrogen-bond acceptors (Lipinski definition) is 3. The van der Waals surface area contributed by atoms with Crippen LogP contribution in [0.3, 0.4) is 0 Å². The molecule has 1 aliphatic carbocycles. The lowest BCUT2D eigenvalue weighted by atomic mass is 9.92. The maximum absolute atomic E-state index is 12.1. The first-order valence-corrected chi connectivity index (χ1v) is 7.31. The molecule has 5 heteroatoms. The van der Waals surface area contributed by atoms with Crippen molar-refractivity contribution in [2.24, 2.45) is 0 Å². The van der Waals surface area contributed by atoms with Crippen LogP contribution in [0.5, 0.6) is 0 Å². The lowest BCUT2D eigenvalue weighted by Crippen LogP contribution is -2.48. The summed E-state index contributed by atoms with van der Waals surface area (Å²) in [4.78, 5) is 27.0. The van der Waals surface area contributed by atoms with Crippen molar-refractivity contribution in [2.45, 2.75) is 24.7 Å². The summed E-state index contributed by atoms with van der Waals surface area (Å²) in [7, 11) is 1.94. The molecule has 1 aromatic carbocycles. The third kappa shape index (κ3) is 2.78. The molecule has 1 aliphatic heterocycles. The molecule has 3 rings (SSSR count). The van der Waals surface area contributed by atoms with E-state index < -0.39 is 5.97 Å². The number of likely N-dealkylation sites (N-methyl/N-ethyl adjacent to an activating group) is 1. The highest BCUT2D eigenvalue weighted by atomic mass is 16.4. The molecule has 1 saturated heterocycles. The van der Waals surface area contributed by atoms with Crippen LogP contribution in [0.15, 0.2) is 24.3 Å². The summed E-state index contributed by atoms with van der Waals surface area (Å²) in [5.74, 6) is -0.655. The number of anilines is 1. The van der Waals surface area contributed by atoms with Crippen LogP contribution in [-0.2, 0) is 15.0 Å². The van der Waals surface area contributed by atoms with Crippen molar-refractivity contribution in [1.29, 1.82) is 0 Å². The van der Waals surface area contributed by atoms with Crippen molar-refractivity contribution in [3.63, 3.8) is 0 Å². The number of rotatable bonds is 4. The minimum atomic E-state index is -0.756. The van der Waals surface area contributed by atoms with Gasteiger partial charge >= 0.3 is 5.97 Å². The third-order valence-electron chi connectivity index (χ3n) is 4.52. The summed E-state index contributed by atoms with van der Waals surface area (Å²) >= 11 is 0. The van der Waals surface area contributed by atoms with Gasteiger partial charge in [0.25, 0.3) is 0 Å². The molecule has 1 amide bonds. The van der Waals surface area contributed by atoms with Gasteiger partial charge in [-0.2, -0.15) is 0 Å². The molecule has 1 saturated carbocycles. The van der Waals surface area contributed by atoms with Crippen molar-refractivity contribution < 1.29 is 14.7 Å². The van der Waals surface area contributed by atoms with Gasteiger partial charge in [-0.3, -0.25) is 14.5 Å². The van der Waals surface area contributed by atoms with Crippen LogP contribution in [-0.4, -0.2) is 48.6 Å². The second-order valence-electron chi connectivity index (χ2n) is 6.18. The predicted molar refractivity (Wildman–Crippen MR) is 79.5 cm³/mol. The second kappa shape index (κ2) is 5.15. The Bertz CT molecular complexity index is 581. The van der Waals surface area contributed by atoms with E-state index in [1.807, 2.05) is 36.2 Å². The molecular formula is C16H20N2O3. The van der Waals surface area contributed by atoms with Crippen LogP contribution >= 0.6 is 0 Å². The van der Waals surface area contributed by atoms with E-state index in [0.717, 1.165) is 30.6 Å². The fourth-order valence-electron chi connectivity index (χ4n) is 3.08. The Kier molecular flexibility index (Phi) is 3.45. The molecule has 2 aliphatic rings. The molecular weight excluding hydrogens is 268 g/mol. The van der Waals surface area contributed by atoms with Gasteiger partial charge in [-0.05, 0) is 37.6 Å². The van der Waals surface area contributed by atoms with Gasteiger partial charge in [0, 0.05) is 24.2 Å². The Morgan fingerprint density at radius 3 is 2.71 bits per heavy atom. The molecule has 0 bridgehead atoms. The maximum atomic E-state index is 12.1. The van der Waals surface area contributed by atoms with Crippen LogP contribution in [0.1, 0.15) is 24.8 Å². The number of piperazine rings is 1. The molecule has 0 spiro atoms. The fraction of sp³-hybridized carbons (Fsp3) is 0.500. The number of amides is 1. The molecule has 0 unspecified atom stereocenters. The summed E-state index contributed by atoms with van der Waals surface area (Å²) in [5, 5.41) is 9.07. The third-order valence-corrected chi connectivity index (χ3v) is 4.52. The lowest BCUT2D eigenvalue weighted by Gasteiger charge is -2.32. The van der Waals surface area contributed by atoms with Gasteiger partial charge in [0.05, 0.1) is 13.0 Å². The average Bonchev–Trinajstić information content (AvgIpc) is 3.19. The van der Waals surface area contributed by atoms with Gasteiger partial charge in [0.1, 0.15) is 0 Å². The Balaban J connectivity index is 1.84. The topological polar surface area (TPSA) is 60.9 Å². The van der Waals surface area contributed by atoms with Crippen molar-refractivity contribution in [1.82, 2.24) is 4.90 Å². The van der Waals surface area contributed by atoms with Crippen molar-refractivity contribution >= 4 is 17.6 Å². The Morgan fingerprint density at radius 2 is 2.10 bits per heavy atom. The zero-order valence-corrected chi connectivity index (χ0v) is 12.2. The van der Waals surface area contributed by atoms with Gasteiger partial charge in [0.15, 0.2) is 0 Å². The van der Waals surface area contributed by atoms with E-state index in [0.29, 0.717) is 13.1 Å². The summed E-state index contributed by atoms with van der Waals surface area (Å²) in [5.41, 5.74) is 1.73. The normalized spacial score (nSPS) is 21.4. The van der Waals surface area contributed by atoms with Gasteiger partial charge in [-0.1, -0.05) is 12.1 Å². The van der Waals surface area contributed by atoms with E-state index in [1.54, 1.807) is 4.90 Å². The van der Waals surface area contributed by atoms with Crippen LogP contribution in [0.25, 0.3) is 0 Å². The van der Waals surface area contributed by atoms with Crippen LogP contribution in [0, 0.1) is 0 Å². The average molecular weight is 288 g/mol. The molecule has 0 atom stereocenters. The number of nitrogens with zero attached hydrogens (tertiary/aromatic N) is 2. The fourth-order valence-corrected chi connectivity index (χ4v) is 3.08. The van der Waals surface area contributed by atoms with Gasteiger partial charge < -0.3 is 10.0 Å². The van der Waals surface area contributed by atoms with Gasteiger partial charge in [0.2, 0.25) is 5.91 Å². The van der Waals surface area contributed by atoms with Crippen molar-refractivity contribution in [3.8, 4) is 0 Å². The number of hydrogen-bond donors (Lipinski definition) is 1. The number of carboxylic acid groups (broad SMARTS) is 1. The maximum Gasteiger partial charge on any atom is 0.304 e. The number of aliphatic carboxylic acids is 1. The summed E-state index contributed by atoms with van der Waals surface area (Å²) < 4.78 is 0. The van der Waals surface area contributed by atoms with E-state index in [1.165, 1.54) is 0 Å². The molecule has 2 fully saturated rings. The Morgan fingerprint density at radius 1 is 1.33 bits per heavy atom. The number of carboxylic acids is 1. The number of carbonyl (C=O) groups is 2. The molecule has 1 heterocycles. The zero-order chi connectivity index (χ0) is 15.0. The first kappa shape index (κ1) is 14.1. The minimum absolute atomic E-state index is 0.101. The first-order valence-electron chi connectivity index (χ1n) is 7.31. The number of benzene rings is 1. The molecule has 0 aromatic heterocycles. The predicted octanol–water partition coefficient (Wildman–Crippen LogP) is 1.47. The highest BCUT2D eigenvalue weighted by molar-refractivity contribution is 5.95. The van der Waals surface area contributed by atoms with E-state index in [9.17, 15) is 9.59 Å². The molecule has 21 heavy (non-hydrogen) atoms. The summed E-state index contributed by atoms with van der Waals surface area (Å²) in [6.45, 7) is 1.98. The number of carbonyl (C=O) groups excluding carboxylic acids is 1. The van der Waals surface area contributed by atoms with Crippen LogP contribution in [0.2, 0.25) is 0 Å². The quantitative estimate of drug-likeness (QED) is 0.911. The van der Waals surface area contributed by atoms with Crippen LogP contribution < -0.4 is 4.90 Å². The first-order chi connectivity index (χ1) is 10.00. The van der Waals surface area contributed by atoms with E-state index in [4.69, 9.17) is 5.11 Å². The smallest absolute Gasteiger partial charge is 0.304 e. The molecule has 1 aromatic rings. The van der Waals surface area contributed by atoms with Crippen molar-refractivity contribution in [3.05, 3.63) is 29.8 Å². The molecule has 5 nitrogen and oxygen atoms in total. The highest BCUT2D eigenvalue weighted by Gasteiger charge is 2.46.